The topological polar surface area (TPSA) is 59.9 Å². The van der Waals surface area contributed by atoms with Gasteiger partial charge in [-0.05, 0) is 12.1 Å². The van der Waals surface area contributed by atoms with Crippen LogP contribution in [-0.4, -0.2) is 23.5 Å². The summed E-state index contributed by atoms with van der Waals surface area (Å²) in [5, 5.41) is 2.28. The van der Waals surface area contributed by atoms with Crippen LogP contribution in [0.1, 0.15) is 0 Å². The van der Waals surface area contributed by atoms with Crippen LogP contribution in [0.4, 0.5) is 0 Å². The summed E-state index contributed by atoms with van der Waals surface area (Å²) in [7, 11) is 9.83. The zero-order chi connectivity index (χ0) is 16.1. The van der Waals surface area contributed by atoms with Crippen molar-refractivity contribution in [2.24, 2.45) is 0 Å². The second kappa shape index (κ2) is 12.4. The minimum Gasteiger partial charge on any atom is -0.254 e. The van der Waals surface area contributed by atoms with Crippen molar-refractivity contribution in [2.75, 3.05) is 0 Å². The minimum atomic E-state index is -0.722. The molecule has 0 amide bonds. The van der Waals surface area contributed by atoms with Crippen LogP contribution in [0, 0.1) is 0 Å². The molecule has 3 aromatic rings. The molecule has 0 saturated heterocycles. The van der Waals surface area contributed by atoms with Crippen LogP contribution >= 0.6 is 19.1 Å². The fourth-order valence-corrected chi connectivity index (χ4v) is 1.68. The van der Waals surface area contributed by atoms with Crippen molar-refractivity contribution in [3.63, 3.8) is 0 Å². The van der Waals surface area contributed by atoms with Crippen LogP contribution in [0.15, 0.2) is 48.8 Å². The molecule has 2 heterocycles. The smallest absolute Gasteiger partial charge is 0.0964 e. The van der Waals surface area contributed by atoms with Crippen LogP contribution in [0.2, 0.25) is 0 Å². The van der Waals surface area contributed by atoms with Gasteiger partial charge in [0, 0.05) is 23.2 Å². The summed E-state index contributed by atoms with van der Waals surface area (Å²) >= 11 is -0.722. The molecule has 2 aromatic heterocycles. The summed E-state index contributed by atoms with van der Waals surface area (Å²) in [6, 6.07) is 12.1. The van der Waals surface area contributed by atoms with E-state index in [0.29, 0.717) is 0 Å². The van der Waals surface area contributed by atoms with Gasteiger partial charge in [0.25, 0.3) is 0 Å². The summed E-state index contributed by atoms with van der Waals surface area (Å²) in [5.74, 6) is 0. The molecule has 0 fully saturated rings. The van der Waals surface area contributed by atoms with E-state index >= 15 is 0 Å². The Morgan fingerprint density at radius 2 is 1.10 bits per heavy atom. The molecule has 0 saturated carbocycles. The number of carbonyl (C=O) groups excluding carboxylic acids is 2. The Balaban J connectivity index is 0.000000500. The van der Waals surface area contributed by atoms with Gasteiger partial charge in [-0.3, -0.25) is 9.97 Å². The molecule has 21 heavy (non-hydrogen) atoms. The Morgan fingerprint density at radius 1 is 0.762 bits per heavy atom. The Hall–Kier alpha value is -1.38. The number of halogens is 2. The molecular weight excluding hydrogens is 485 g/mol. The number of benzene rings is 1. The van der Waals surface area contributed by atoms with Gasteiger partial charge in [-0.25, -0.2) is 0 Å². The largest absolute Gasteiger partial charge is 0.254 e. The van der Waals surface area contributed by atoms with Crippen molar-refractivity contribution >= 4 is 54.4 Å². The van der Waals surface area contributed by atoms with Gasteiger partial charge in [0.2, 0.25) is 0 Å². The van der Waals surface area contributed by atoms with Crippen LogP contribution in [0.3, 0.4) is 0 Å². The van der Waals surface area contributed by atoms with E-state index in [1.165, 1.54) is 0 Å². The van der Waals surface area contributed by atoms with E-state index in [1.807, 2.05) is 12.1 Å². The molecule has 3 rings (SSSR count). The van der Waals surface area contributed by atoms with E-state index in [0.717, 1.165) is 21.8 Å². The van der Waals surface area contributed by atoms with Gasteiger partial charge >= 0.3 is 35.0 Å². The number of hydrogen-bond donors (Lipinski definition) is 0. The Kier molecular flexibility index (Phi) is 11.6. The van der Waals surface area contributed by atoms with Gasteiger partial charge in [-0.15, -0.1) is 0 Å². The normalized spacial score (nSPS) is 8.48. The fourth-order valence-electron chi connectivity index (χ4n) is 1.68. The second-order valence-electron chi connectivity index (χ2n) is 3.27. The molecule has 0 atom stereocenters. The molecular formula is C14H8Cl2N2O2Re-2. The summed E-state index contributed by atoms with van der Waals surface area (Å²) in [4.78, 5) is 23.7. The number of pyridine rings is 2. The first-order chi connectivity index (χ1) is 10.4. The van der Waals surface area contributed by atoms with Crippen LogP contribution in [0.25, 0.3) is 21.8 Å². The predicted octanol–water partition coefficient (Wildman–Crippen LogP) is 3.37. The SMILES string of the molecule is [C-]=O.[C-]=O.[Cl][Re][Cl].c1cnc2c(c1)ccc1cccnc12. The summed E-state index contributed by atoms with van der Waals surface area (Å²) in [6.45, 7) is 9.00. The quantitative estimate of drug-likeness (QED) is 0.356. The maximum absolute atomic E-state index is 7.50. The van der Waals surface area contributed by atoms with Crippen LogP contribution in [-0.2, 0) is 25.5 Å². The van der Waals surface area contributed by atoms with Gasteiger partial charge in [0.1, 0.15) is 0 Å². The summed E-state index contributed by atoms with van der Waals surface area (Å²) in [5.41, 5.74) is 1.95. The zero-order valence-corrected chi connectivity index (χ0v) is 14.7. The molecule has 0 aliphatic rings. The van der Waals surface area contributed by atoms with Gasteiger partial charge in [-0.2, -0.15) is 0 Å². The molecule has 4 nitrogen and oxygen atoms in total. The Labute approximate surface area is 138 Å². The first-order valence-electron chi connectivity index (χ1n) is 5.23. The summed E-state index contributed by atoms with van der Waals surface area (Å²) in [6.07, 6.45) is 3.60. The average Bonchev–Trinajstić information content (AvgIpc) is 2.59. The van der Waals surface area contributed by atoms with Gasteiger partial charge in [0.15, 0.2) is 0 Å². The minimum absolute atomic E-state index is 0.722. The zero-order valence-electron chi connectivity index (χ0n) is 10.5. The van der Waals surface area contributed by atoms with Crippen molar-refractivity contribution in [3.05, 3.63) is 48.8 Å². The third-order valence-corrected chi connectivity index (χ3v) is 2.34. The number of aromatic nitrogens is 2. The van der Waals surface area contributed by atoms with Crippen molar-refractivity contribution in [1.29, 1.82) is 0 Å². The van der Waals surface area contributed by atoms with Crippen molar-refractivity contribution in [1.82, 2.24) is 9.97 Å². The summed E-state index contributed by atoms with van der Waals surface area (Å²) < 4.78 is 0. The van der Waals surface area contributed by atoms with Crippen LogP contribution in [0.5, 0.6) is 0 Å². The van der Waals surface area contributed by atoms with Crippen LogP contribution < -0.4 is 0 Å². The molecule has 1 aromatic carbocycles. The van der Waals surface area contributed by atoms with Gasteiger partial charge in [0.05, 0.1) is 11.0 Å². The van der Waals surface area contributed by atoms with Crippen molar-refractivity contribution in [2.45, 2.75) is 0 Å². The first kappa shape index (κ1) is 19.6. The monoisotopic (exact) mass is 493 g/mol. The van der Waals surface area contributed by atoms with Gasteiger partial charge in [-0.1, -0.05) is 24.3 Å². The van der Waals surface area contributed by atoms with E-state index in [1.54, 1.807) is 12.4 Å². The number of hydrogen-bond acceptors (Lipinski definition) is 4. The first-order valence-corrected chi connectivity index (χ1v) is 12.0. The second-order valence-corrected chi connectivity index (χ2v) is 7.19. The molecule has 0 unspecified atom stereocenters. The number of rotatable bonds is 0. The number of nitrogens with zero attached hydrogens (tertiary/aromatic N) is 2. The maximum Gasteiger partial charge on any atom is 0.0964 e. The molecule has 0 spiro atoms. The van der Waals surface area contributed by atoms with Crippen molar-refractivity contribution in [3.8, 4) is 0 Å². The molecule has 0 aliphatic heterocycles. The third kappa shape index (κ3) is 5.86. The standard InChI is InChI=1S/C12H8N2.2CO.2ClH.Re/c1-3-9-5-6-10-4-2-8-14-12(10)11(9)13-7-1;2*1-2;;;/h1-8H;;;2*1H;/q;2*-1;;;+2/p-2. The van der Waals surface area contributed by atoms with E-state index in [2.05, 4.69) is 47.8 Å². The molecule has 0 bridgehead atoms. The predicted molar refractivity (Wildman–Crippen MR) is 80.1 cm³/mol. The fraction of sp³-hybridized carbons (Fsp3) is 0. The number of fused-ring (bicyclic) bond motifs is 3. The Morgan fingerprint density at radius 3 is 1.43 bits per heavy atom. The molecule has 0 aliphatic carbocycles. The maximum atomic E-state index is 7.50. The molecule has 109 valence electrons. The molecule has 0 N–H and O–H groups in total. The average molecular weight is 493 g/mol. The van der Waals surface area contributed by atoms with Gasteiger partial charge < -0.3 is 23.2 Å². The van der Waals surface area contributed by atoms with E-state index < -0.39 is 15.9 Å². The van der Waals surface area contributed by atoms with E-state index in [4.69, 9.17) is 28.6 Å². The third-order valence-electron chi connectivity index (χ3n) is 2.34. The molecule has 2 radical (unpaired) electrons. The van der Waals surface area contributed by atoms with E-state index in [-0.39, 0.29) is 0 Å². The molecule has 7 heteroatoms. The van der Waals surface area contributed by atoms with E-state index in [9.17, 15) is 0 Å². The van der Waals surface area contributed by atoms with Crippen molar-refractivity contribution < 1.29 is 25.5 Å². The Bertz CT molecular complexity index is 614.